The zero-order valence-corrected chi connectivity index (χ0v) is 10.9. The van der Waals surface area contributed by atoms with Gasteiger partial charge in [-0.1, -0.05) is 6.07 Å². The molecule has 0 bridgehead atoms. The summed E-state index contributed by atoms with van der Waals surface area (Å²) in [6.07, 6.45) is 2.11. The van der Waals surface area contributed by atoms with Gasteiger partial charge in [-0.05, 0) is 30.6 Å². The molecule has 0 aliphatic carbocycles. The van der Waals surface area contributed by atoms with Gasteiger partial charge in [0.05, 0.1) is 13.2 Å². The van der Waals surface area contributed by atoms with Crippen LogP contribution in [0, 0.1) is 0 Å². The van der Waals surface area contributed by atoms with E-state index in [2.05, 4.69) is 45.3 Å². The highest BCUT2D eigenvalue weighted by Crippen LogP contribution is 2.13. The lowest BCUT2D eigenvalue weighted by Crippen LogP contribution is -2.23. The minimum Gasteiger partial charge on any atom is -0.395 e. The van der Waals surface area contributed by atoms with Crippen molar-refractivity contribution in [3.63, 3.8) is 0 Å². The maximum Gasteiger partial charge on any atom is 0.0566 e. The summed E-state index contributed by atoms with van der Waals surface area (Å²) in [6.45, 7) is 2.73. The van der Waals surface area contributed by atoms with Crippen molar-refractivity contribution in [1.82, 2.24) is 9.47 Å². The van der Waals surface area contributed by atoms with Crippen molar-refractivity contribution in [3.05, 3.63) is 46.4 Å². The Labute approximate surface area is 106 Å². The van der Waals surface area contributed by atoms with Crippen molar-refractivity contribution < 1.29 is 5.11 Å². The van der Waals surface area contributed by atoms with Crippen LogP contribution in [0.15, 0.2) is 35.8 Å². The van der Waals surface area contributed by atoms with E-state index in [0.29, 0.717) is 6.54 Å². The molecular weight excluding hydrogens is 232 g/mol. The van der Waals surface area contributed by atoms with E-state index in [0.717, 1.165) is 13.1 Å². The van der Waals surface area contributed by atoms with E-state index in [1.165, 1.54) is 10.6 Å². The van der Waals surface area contributed by atoms with E-state index in [4.69, 9.17) is 5.11 Å². The average Bonchev–Trinajstić information content (AvgIpc) is 2.92. The molecule has 17 heavy (non-hydrogen) atoms. The van der Waals surface area contributed by atoms with Crippen molar-refractivity contribution in [2.45, 2.75) is 13.1 Å². The lowest BCUT2D eigenvalue weighted by Gasteiger charge is -2.16. The molecule has 0 atom stereocenters. The first-order valence-corrected chi connectivity index (χ1v) is 6.63. The number of likely N-dealkylation sites (N-methyl/N-ethyl adjacent to an activating group) is 1. The van der Waals surface area contributed by atoms with Gasteiger partial charge in [0.1, 0.15) is 0 Å². The van der Waals surface area contributed by atoms with E-state index in [1.807, 2.05) is 7.05 Å². The van der Waals surface area contributed by atoms with Crippen LogP contribution in [0.4, 0.5) is 0 Å². The molecule has 0 fully saturated rings. The Morgan fingerprint density at radius 2 is 2.24 bits per heavy atom. The molecule has 2 aromatic heterocycles. The second-order valence-electron chi connectivity index (χ2n) is 4.17. The van der Waals surface area contributed by atoms with Crippen LogP contribution in [-0.4, -0.2) is 34.8 Å². The van der Waals surface area contributed by atoms with E-state index in [9.17, 15) is 0 Å². The first-order chi connectivity index (χ1) is 8.29. The molecule has 0 aliphatic heterocycles. The smallest absolute Gasteiger partial charge is 0.0566 e. The Kier molecular flexibility index (Phi) is 4.36. The van der Waals surface area contributed by atoms with Crippen LogP contribution in [0.25, 0.3) is 0 Å². The zero-order chi connectivity index (χ0) is 12.1. The van der Waals surface area contributed by atoms with Crippen LogP contribution in [0.5, 0.6) is 0 Å². The summed E-state index contributed by atoms with van der Waals surface area (Å²) in [5.41, 5.74) is 1.29. The topological polar surface area (TPSA) is 28.4 Å². The maximum absolute atomic E-state index is 8.90. The molecular formula is C13H18N2OS. The summed E-state index contributed by atoms with van der Waals surface area (Å²) in [7, 11) is 2.03. The fourth-order valence-electron chi connectivity index (χ4n) is 1.84. The first kappa shape index (κ1) is 12.4. The molecule has 0 saturated carbocycles. The summed E-state index contributed by atoms with van der Waals surface area (Å²) in [5, 5.41) is 11.0. The maximum atomic E-state index is 8.90. The SMILES string of the molecule is CN(CCO)Cc1cccn1Cc1cccs1. The van der Waals surface area contributed by atoms with Gasteiger partial charge in [-0.3, -0.25) is 4.90 Å². The van der Waals surface area contributed by atoms with Gasteiger partial charge >= 0.3 is 0 Å². The Balaban J connectivity index is 2.01. The van der Waals surface area contributed by atoms with E-state index >= 15 is 0 Å². The lowest BCUT2D eigenvalue weighted by molar-refractivity contribution is 0.215. The monoisotopic (exact) mass is 250 g/mol. The Bertz CT molecular complexity index is 436. The second kappa shape index (κ2) is 6.00. The fraction of sp³-hybridized carbons (Fsp3) is 0.385. The zero-order valence-electron chi connectivity index (χ0n) is 10.0. The molecule has 3 nitrogen and oxygen atoms in total. The van der Waals surface area contributed by atoms with Gasteiger partial charge in [0, 0.05) is 29.9 Å². The van der Waals surface area contributed by atoms with Crippen LogP contribution in [-0.2, 0) is 13.1 Å². The normalized spacial score (nSPS) is 11.2. The largest absolute Gasteiger partial charge is 0.395 e. The predicted molar refractivity (Wildman–Crippen MR) is 71.3 cm³/mol. The van der Waals surface area contributed by atoms with Gasteiger partial charge < -0.3 is 9.67 Å². The van der Waals surface area contributed by atoms with E-state index in [-0.39, 0.29) is 6.61 Å². The Morgan fingerprint density at radius 1 is 1.35 bits per heavy atom. The number of aliphatic hydroxyl groups is 1. The van der Waals surface area contributed by atoms with E-state index in [1.54, 1.807) is 11.3 Å². The lowest BCUT2D eigenvalue weighted by atomic mass is 10.3. The highest BCUT2D eigenvalue weighted by molar-refractivity contribution is 7.09. The molecule has 2 rings (SSSR count). The minimum absolute atomic E-state index is 0.210. The third-order valence-electron chi connectivity index (χ3n) is 2.74. The fourth-order valence-corrected chi connectivity index (χ4v) is 2.55. The number of thiophene rings is 1. The van der Waals surface area contributed by atoms with Crippen molar-refractivity contribution in [2.75, 3.05) is 20.2 Å². The highest BCUT2D eigenvalue weighted by atomic mass is 32.1. The Hall–Kier alpha value is -1.10. The van der Waals surface area contributed by atoms with Crippen LogP contribution in [0.1, 0.15) is 10.6 Å². The third kappa shape index (κ3) is 3.43. The summed E-state index contributed by atoms with van der Waals surface area (Å²) < 4.78 is 2.26. The number of rotatable bonds is 6. The number of hydrogen-bond donors (Lipinski definition) is 1. The van der Waals surface area contributed by atoms with E-state index < -0.39 is 0 Å². The summed E-state index contributed by atoms with van der Waals surface area (Å²) >= 11 is 1.78. The van der Waals surface area contributed by atoms with Crippen LogP contribution < -0.4 is 0 Å². The number of aromatic nitrogens is 1. The summed E-state index contributed by atoms with van der Waals surface area (Å²) in [5.74, 6) is 0. The minimum atomic E-state index is 0.210. The summed E-state index contributed by atoms with van der Waals surface area (Å²) in [6, 6.07) is 8.46. The Morgan fingerprint density at radius 3 is 2.94 bits per heavy atom. The number of nitrogens with zero attached hydrogens (tertiary/aromatic N) is 2. The van der Waals surface area contributed by atoms with Crippen LogP contribution in [0.2, 0.25) is 0 Å². The van der Waals surface area contributed by atoms with Crippen LogP contribution >= 0.6 is 11.3 Å². The molecule has 2 heterocycles. The first-order valence-electron chi connectivity index (χ1n) is 5.75. The summed E-state index contributed by atoms with van der Waals surface area (Å²) in [4.78, 5) is 3.49. The highest BCUT2D eigenvalue weighted by Gasteiger charge is 2.05. The molecule has 0 aromatic carbocycles. The number of hydrogen-bond acceptors (Lipinski definition) is 3. The molecule has 0 spiro atoms. The molecule has 0 aliphatic rings. The molecule has 0 saturated heterocycles. The van der Waals surface area contributed by atoms with Gasteiger partial charge in [0.2, 0.25) is 0 Å². The van der Waals surface area contributed by atoms with Crippen molar-refractivity contribution in [3.8, 4) is 0 Å². The second-order valence-corrected chi connectivity index (χ2v) is 5.20. The molecule has 0 radical (unpaired) electrons. The van der Waals surface area contributed by atoms with Gasteiger partial charge in [0.15, 0.2) is 0 Å². The molecule has 92 valence electrons. The molecule has 4 heteroatoms. The van der Waals surface area contributed by atoms with Gasteiger partial charge in [-0.2, -0.15) is 0 Å². The van der Waals surface area contributed by atoms with Gasteiger partial charge in [-0.25, -0.2) is 0 Å². The van der Waals surface area contributed by atoms with Crippen molar-refractivity contribution in [1.29, 1.82) is 0 Å². The molecule has 2 aromatic rings. The van der Waals surface area contributed by atoms with Gasteiger partial charge in [0.25, 0.3) is 0 Å². The van der Waals surface area contributed by atoms with Gasteiger partial charge in [-0.15, -0.1) is 11.3 Å². The molecule has 1 N–H and O–H groups in total. The quantitative estimate of drug-likeness (QED) is 0.849. The molecule has 0 amide bonds. The third-order valence-corrected chi connectivity index (χ3v) is 3.60. The predicted octanol–water partition coefficient (Wildman–Crippen LogP) is 2.02. The average molecular weight is 250 g/mol. The number of aliphatic hydroxyl groups excluding tert-OH is 1. The molecule has 0 unspecified atom stereocenters. The standard InChI is InChI=1S/C13H18N2OS/c1-14(7-8-16)10-12-4-2-6-15(12)11-13-5-3-9-17-13/h2-6,9,16H,7-8,10-11H2,1H3. The van der Waals surface area contributed by atoms with Crippen molar-refractivity contribution >= 4 is 11.3 Å². The van der Waals surface area contributed by atoms with Crippen molar-refractivity contribution in [2.24, 2.45) is 0 Å². The van der Waals surface area contributed by atoms with Crippen LogP contribution in [0.3, 0.4) is 0 Å².